The highest BCUT2D eigenvalue weighted by Gasteiger charge is 2.10. The number of carbonyl (C=O) groups is 1. The third-order valence-corrected chi connectivity index (χ3v) is 3.08. The average molecular weight is 270 g/mol. The smallest absolute Gasteiger partial charge is 0.340 e. The number of benzene rings is 2. The monoisotopic (exact) mass is 270 g/mol. The van der Waals surface area contributed by atoms with E-state index >= 15 is 0 Å². The number of rotatable bonds is 4. The van der Waals surface area contributed by atoms with Crippen LogP contribution in [0, 0.1) is 6.92 Å². The Labute approximate surface area is 118 Å². The van der Waals surface area contributed by atoms with Gasteiger partial charge in [-0.1, -0.05) is 29.8 Å². The molecule has 0 heterocycles. The van der Waals surface area contributed by atoms with Crippen LogP contribution in [0.1, 0.15) is 21.5 Å². The van der Waals surface area contributed by atoms with Crippen LogP contribution in [0.5, 0.6) is 0 Å². The normalized spacial score (nSPS) is 10.1. The molecule has 0 aromatic heterocycles. The Bertz CT molecular complexity index is 606. The summed E-state index contributed by atoms with van der Waals surface area (Å²) in [4.78, 5) is 11.6. The number of aryl methyl sites for hydroxylation is 1. The van der Waals surface area contributed by atoms with E-state index in [0.717, 1.165) is 5.69 Å². The van der Waals surface area contributed by atoms with Gasteiger partial charge in [0, 0.05) is 17.9 Å². The van der Waals surface area contributed by atoms with Crippen molar-refractivity contribution < 1.29 is 9.53 Å². The molecule has 0 aliphatic carbocycles. The Kier molecular flexibility index (Phi) is 4.25. The summed E-state index contributed by atoms with van der Waals surface area (Å²) in [6, 6.07) is 13.5. The highest BCUT2D eigenvalue weighted by Crippen LogP contribution is 2.19. The first kappa shape index (κ1) is 13.9. The van der Waals surface area contributed by atoms with Crippen LogP contribution >= 0.6 is 0 Å². The van der Waals surface area contributed by atoms with Crippen LogP contribution in [0.25, 0.3) is 0 Å². The second-order valence-corrected chi connectivity index (χ2v) is 4.63. The van der Waals surface area contributed by atoms with Crippen LogP contribution in [0.15, 0.2) is 42.5 Å². The molecule has 0 amide bonds. The van der Waals surface area contributed by atoms with Gasteiger partial charge in [0.2, 0.25) is 0 Å². The fraction of sp³-hybridized carbons (Fsp3) is 0.188. The predicted octanol–water partition coefficient (Wildman–Crippen LogP) is 2.98. The summed E-state index contributed by atoms with van der Waals surface area (Å²) in [6.07, 6.45) is 0. The van der Waals surface area contributed by atoms with Gasteiger partial charge in [0.15, 0.2) is 0 Å². The summed E-state index contributed by atoms with van der Waals surface area (Å²) >= 11 is 0. The molecular formula is C16H18N2O2. The van der Waals surface area contributed by atoms with Crippen LogP contribution in [-0.4, -0.2) is 13.1 Å². The van der Waals surface area contributed by atoms with Crippen molar-refractivity contribution in [1.82, 2.24) is 0 Å². The highest BCUT2D eigenvalue weighted by molar-refractivity contribution is 5.96. The standard InChI is InChI=1S/C16H18N2O2/c1-11-3-5-12(6-4-11)10-18-13-7-8-15(17)14(9-13)16(19)20-2/h3-9,18H,10,17H2,1-2H3. The molecule has 0 saturated carbocycles. The number of nitrogens with two attached hydrogens (primary N) is 1. The highest BCUT2D eigenvalue weighted by atomic mass is 16.5. The fourth-order valence-electron chi connectivity index (χ4n) is 1.86. The Morgan fingerprint density at radius 1 is 1.20 bits per heavy atom. The fourth-order valence-corrected chi connectivity index (χ4v) is 1.86. The van der Waals surface area contributed by atoms with E-state index in [9.17, 15) is 4.79 Å². The van der Waals surface area contributed by atoms with Crippen molar-refractivity contribution in [3.63, 3.8) is 0 Å². The average Bonchev–Trinajstić information content (AvgIpc) is 2.47. The van der Waals surface area contributed by atoms with Crippen molar-refractivity contribution in [1.29, 1.82) is 0 Å². The van der Waals surface area contributed by atoms with E-state index in [1.54, 1.807) is 12.1 Å². The summed E-state index contributed by atoms with van der Waals surface area (Å²) in [5.41, 5.74) is 9.79. The first-order valence-electron chi connectivity index (χ1n) is 6.37. The van der Waals surface area contributed by atoms with Gasteiger partial charge >= 0.3 is 5.97 Å². The minimum atomic E-state index is -0.429. The Morgan fingerprint density at radius 2 is 1.90 bits per heavy atom. The Morgan fingerprint density at radius 3 is 2.55 bits per heavy atom. The van der Waals surface area contributed by atoms with E-state index < -0.39 is 5.97 Å². The van der Waals surface area contributed by atoms with E-state index in [1.807, 2.05) is 6.07 Å². The van der Waals surface area contributed by atoms with Crippen LogP contribution in [0.2, 0.25) is 0 Å². The molecule has 0 saturated heterocycles. The molecule has 3 N–H and O–H groups in total. The topological polar surface area (TPSA) is 64.3 Å². The molecule has 2 aromatic rings. The van der Waals surface area contributed by atoms with Crippen molar-refractivity contribution in [3.05, 3.63) is 59.2 Å². The van der Waals surface area contributed by atoms with Gasteiger partial charge in [-0.05, 0) is 30.7 Å². The molecule has 2 rings (SSSR count). The Balaban J connectivity index is 2.10. The first-order valence-corrected chi connectivity index (χ1v) is 6.37. The van der Waals surface area contributed by atoms with E-state index in [4.69, 9.17) is 10.5 Å². The first-order chi connectivity index (χ1) is 9.60. The van der Waals surface area contributed by atoms with E-state index in [-0.39, 0.29) is 0 Å². The molecule has 4 heteroatoms. The molecule has 2 aromatic carbocycles. The van der Waals surface area contributed by atoms with Gasteiger partial charge in [-0.2, -0.15) is 0 Å². The van der Waals surface area contributed by atoms with Crippen LogP contribution in [-0.2, 0) is 11.3 Å². The molecular weight excluding hydrogens is 252 g/mol. The molecule has 0 aliphatic rings. The van der Waals surface area contributed by atoms with Gasteiger partial charge in [0.05, 0.1) is 12.7 Å². The van der Waals surface area contributed by atoms with Crippen molar-refractivity contribution >= 4 is 17.3 Å². The second kappa shape index (κ2) is 6.10. The lowest BCUT2D eigenvalue weighted by Gasteiger charge is -2.10. The number of ether oxygens (including phenoxy) is 1. The third kappa shape index (κ3) is 3.29. The SMILES string of the molecule is COC(=O)c1cc(NCc2ccc(C)cc2)ccc1N. The molecule has 4 nitrogen and oxygen atoms in total. The van der Waals surface area contributed by atoms with Crippen molar-refractivity contribution in [3.8, 4) is 0 Å². The molecule has 0 aliphatic heterocycles. The zero-order valence-corrected chi connectivity index (χ0v) is 11.6. The minimum Gasteiger partial charge on any atom is -0.465 e. The van der Waals surface area contributed by atoms with Gasteiger partial charge in [-0.15, -0.1) is 0 Å². The summed E-state index contributed by atoms with van der Waals surface area (Å²) in [5.74, 6) is -0.429. The van der Waals surface area contributed by atoms with Gasteiger partial charge in [-0.3, -0.25) is 0 Å². The number of nitrogens with one attached hydrogen (secondary N) is 1. The van der Waals surface area contributed by atoms with Gasteiger partial charge in [-0.25, -0.2) is 4.79 Å². The predicted molar refractivity (Wildman–Crippen MR) is 80.7 cm³/mol. The second-order valence-electron chi connectivity index (χ2n) is 4.63. The van der Waals surface area contributed by atoms with Crippen molar-refractivity contribution in [2.75, 3.05) is 18.2 Å². The molecule has 0 fully saturated rings. The zero-order chi connectivity index (χ0) is 14.5. The quantitative estimate of drug-likeness (QED) is 0.662. The van der Waals surface area contributed by atoms with Crippen molar-refractivity contribution in [2.45, 2.75) is 13.5 Å². The zero-order valence-electron chi connectivity index (χ0n) is 11.6. The molecule has 0 unspecified atom stereocenters. The van der Waals surface area contributed by atoms with E-state index in [2.05, 4.69) is 36.5 Å². The number of carbonyl (C=O) groups excluding carboxylic acids is 1. The summed E-state index contributed by atoms with van der Waals surface area (Å²) in [6.45, 7) is 2.74. The summed E-state index contributed by atoms with van der Waals surface area (Å²) in [7, 11) is 1.34. The molecule has 0 radical (unpaired) electrons. The van der Waals surface area contributed by atoms with E-state index in [0.29, 0.717) is 17.8 Å². The largest absolute Gasteiger partial charge is 0.465 e. The molecule has 20 heavy (non-hydrogen) atoms. The Hall–Kier alpha value is -2.49. The van der Waals surface area contributed by atoms with Gasteiger partial charge in [0.1, 0.15) is 0 Å². The third-order valence-electron chi connectivity index (χ3n) is 3.08. The molecule has 0 atom stereocenters. The number of esters is 1. The maximum Gasteiger partial charge on any atom is 0.340 e. The summed E-state index contributed by atoms with van der Waals surface area (Å²) in [5, 5.41) is 3.26. The number of methoxy groups -OCH3 is 1. The van der Waals surface area contributed by atoms with E-state index in [1.165, 1.54) is 18.2 Å². The number of hydrogen-bond acceptors (Lipinski definition) is 4. The van der Waals surface area contributed by atoms with Gasteiger partial charge in [0.25, 0.3) is 0 Å². The molecule has 0 bridgehead atoms. The number of hydrogen-bond donors (Lipinski definition) is 2. The van der Waals surface area contributed by atoms with Crippen molar-refractivity contribution in [2.24, 2.45) is 0 Å². The minimum absolute atomic E-state index is 0.376. The van der Waals surface area contributed by atoms with Gasteiger partial charge < -0.3 is 15.8 Å². The molecule has 104 valence electrons. The lowest BCUT2D eigenvalue weighted by atomic mass is 10.1. The lowest BCUT2D eigenvalue weighted by molar-refractivity contribution is 0.0602. The van der Waals surface area contributed by atoms with Crippen LogP contribution < -0.4 is 11.1 Å². The maximum absolute atomic E-state index is 11.6. The number of anilines is 2. The van der Waals surface area contributed by atoms with Crippen LogP contribution in [0.4, 0.5) is 11.4 Å². The van der Waals surface area contributed by atoms with Crippen LogP contribution in [0.3, 0.4) is 0 Å². The lowest BCUT2D eigenvalue weighted by Crippen LogP contribution is -2.07. The molecule has 0 spiro atoms. The summed E-state index contributed by atoms with van der Waals surface area (Å²) < 4.78 is 4.70. The maximum atomic E-state index is 11.6. The number of nitrogen functional groups attached to an aromatic ring is 1.